The van der Waals surface area contributed by atoms with Crippen molar-refractivity contribution in [1.82, 2.24) is 4.90 Å². The zero-order valence-corrected chi connectivity index (χ0v) is 8.52. The molecule has 1 aliphatic rings. The molecule has 4 heteroatoms. The maximum Gasteiger partial charge on any atom is 0.270 e. The van der Waals surface area contributed by atoms with Crippen LogP contribution in [0, 0.1) is 0 Å². The normalized spacial score (nSPS) is 12.8. The van der Waals surface area contributed by atoms with Crippen molar-refractivity contribution in [1.29, 1.82) is 0 Å². The van der Waals surface area contributed by atoms with E-state index in [9.17, 15) is 9.59 Å². The van der Waals surface area contributed by atoms with Crippen LogP contribution in [0.25, 0.3) is 6.08 Å². The van der Waals surface area contributed by atoms with Gasteiger partial charge in [0.05, 0.1) is 5.36 Å². The van der Waals surface area contributed by atoms with Crippen molar-refractivity contribution in [2.24, 2.45) is 4.99 Å². The smallest absolute Gasteiger partial charge is 0.270 e. The van der Waals surface area contributed by atoms with E-state index in [0.29, 0.717) is 10.9 Å². The Kier molecular flexibility index (Phi) is 2.11. The lowest BCUT2D eigenvalue weighted by Crippen LogP contribution is -2.27. The van der Waals surface area contributed by atoms with E-state index in [-0.39, 0.29) is 11.8 Å². The predicted octanol–water partition coefficient (Wildman–Crippen LogP) is -0.671. The van der Waals surface area contributed by atoms with Crippen LogP contribution in [0.15, 0.2) is 23.2 Å². The molecule has 0 saturated carbocycles. The Morgan fingerprint density at radius 1 is 1.33 bits per heavy atom. The summed E-state index contributed by atoms with van der Waals surface area (Å²) in [6.45, 7) is 0. The SMILES string of the molecule is CN(C)C(=O)c1ccc2c(c1)=NC(=O)C=2. The van der Waals surface area contributed by atoms with Crippen molar-refractivity contribution in [3.05, 3.63) is 34.3 Å². The molecule has 0 unspecified atom stereocenters. The van der Waals surface area contributed by atoms with Gasteiger partial charge in [0.2, 0.25) is 0 Å². The largest absolute Gasteiger partial charge is 0.345 e. The summed E-state index contributed by atoms with van der Waals surface area (Å²) in [5.41, 5.74) is 0.547. The van der Waals surface area contributed by atoms with Crippen LogP contribution in [-0.4, -0.2) is 30.8 Å². The summed E-state index contributed by atoms with van der Waals surface area (Å²) in [5.74, 6) is -0.355. The van der Waals surface area contributed by atoms with Crippen LogP contribution in [0.3, 0.4) is 0 Å². The monoisotopic (exact) mass is 202 g/mol. The first-order chi connectivity index (χ1) is 7.08. The number of carbonyl (C=O) groups is 2. The Labute approximate surface area is 86.5 Å². The maximum absolute atomic E-state index is 11.6. The molecule has 1 aliphatic heterocycles. The molecule has 1 heterocycles. The molecule has 0 radical (unpaired) electrons. The number of fused-ring (bicyclic) bond motifs is 1. The standard InChI is InChI=1S/C11H10N2O2/c1-13(2)11(15)8-4-3-7-6-10(14)12-9(7)5-8/h3-6H,1-2H3. The van der Waals surface area contributed by atoms with E-state index in [1.807, 2.05) is 0 Å². The highest BCUT2D eigenvalue weighted by Gasteiger charge is 2.10. The molecule has 76 valence electrons. The van der Waals surface area contributed by atoms with Gasteiger partial charge in [0, 0.05) is 31.0 Å². The molecule has 0 bridgehead atoms. The van der Waals surface area contributed by atoms with Crippen LogP contribution in [0.4, 0.5) is 0 Å². The molecule has 0 aliphatic carbocycles. The molecule has 15 heavy (non-hydrogen) atoms. The highest BCUT2D eigenvalue weighted by Crippen LogP contribution is 1.97. The number of benzene rings is 1. The van der Waals surface area contributed by atoms with Crippen LogP contribution in [-0.2, 0) is 4.79 Å². The van der Waals surface area contributed by atoms with Crippen LogP contribution >= 0.6 is 0 Å². The fourth-order valence-electron chi connectivity index (χ4n) is 1.44. The number of hydrogen-bond donors (Lipinski definition) is 0. The third-order valence-corrected chi connectivity index (χ3v) is 2.19. The Morgan fingerprint density at radius 3 is 2.73 bits per heavy atom. The molecule has 2 amide bonds. The minimum atomic E-state index is -0.264. The van der Waals surface area contributed by atoms with Crippen molar-refractivity contribution < 1.29 is 9.59 Å². The zero-order valence-electron chi connectivity index (χ0n) is 8.52. The molecular formula is C11H10N2O2. The highest BCUT2D eigenvalue weighted by atomic mass is 16.2. The molecule has 0 fully saturated rings. The van der Waals surface area contributed by atoms with Crippen molar-refractivity contribution in [2.75, 3.05) is 14.1 Å². The average Bonchev–Trinajstić information content (AvgIpc) is 2.55. The first-order valence-electron chi connectivity index (χ1n) is 4.54. The Balaban J connectivity index is 2.54. The second-order valence-corrected chi connectivity index (χ2v) is 3.57. The van der Waals surface area contributed by atoms with Gasteiger partial charge in [-0.15, -0.1) is 0 Å². The molecule has 2 rings (SSSR count). The number of rotatable bonds is 1. The van der Waals surface area contributed by atoms with Gasteiger partial charge in [-0.2, -0.15) is 0 Å². The van der Waals surface area contributed by atoms with E-state index in [2.05, 4.69) is 4.99 Å². The van der Waals surface area contributed by atoms with Gasteiger partial charge in [0.1, 0.15) is 0 Å². The summed E-state index contributed by atoms with van der Waals surface area (Å²) in [5, 5.41) is 1.35. The minimum absolute atomic E-state index is 0.0904. The molecule has 1 aromatic carbocycles. The molecule has 0 N–H and O–H groups in total. The first-order valence-corrected chi connectivity index (χ1v) is 4.54. The molecule has 0 saturated heterocycles. The van der Waals surface area contributed by atoms with E-state index in [1.54, 1.807) is 32.3 Å². The third kappa shape index (κ3) is 1.66. The number of amides is 2. The van der Waals surface area contributed by atoms with Crippen LogP contribution < -0.4 is 10.6 Å². The third-order valence-electron chi connectivity index (χ3n) is 2.19. The lowest BCUT2D eigenvalue weighted by Gasteiger charge is -2.09. The van der Waals surface area contributed by atoms with Gasteiger partial charge in [-0.05, 0) is 12.1 Å². The second-order valence-electron chi connectivity index (χ2n) is 3.57. The lowest BCUT2D eigenvalue weighted by atomic mass is 10.1. The molecular weight excluding hydrogens is 192 g/mol. The molecule has 0 spiro atoms. The van der Waals surface area contributed by atoms with E-state index in [0.717, 1.165) is 5.22 Å². The van der Waals surface area contributed by atoms with Gasteiger partial charge in [-0.25, -0.2) is 4.99 Å². The highest BCUT2D eigenvalue weighted by molar-refractivity contribution is 6.06. The van der Waals surface area contributed by atoms with E-state index in [4.69, 9.17) is 0 Å². The lowest BCUT2D eigenvalue weighted by molar-refractivity contribution is -0.112. The van der Waals surface area contributed by atoms with Crippen LogP contribution in [0.2, 0.25) is 0 Å². The fourth-order valence-corrected chi connectivity index (χ4v) is 1.44. The Morgan fingerprint density at radius 2 is 2.07 bits per heavy atom. The average molecular weight is 202 g/mol. The summed E-state index contributed by atoms with van der Waals surface area (Å²) in [4.78, 5) is 27.9. The Bertz CT molecular complexity index is 558. The number of carbonyl (C=O) groups excluding carboxylic acids is 2. The van der Waals surface area contributed by atoms with Gasteiger partial charge >= 0.3 is 0 Å². The zero-order chi connectivity index (χ0) is 11.0. The van der Waals surface area contributed by atoms with Gasteiger partial charge in [0.15, 0.2) is 0 Å². The summed E-state index contributed by atoms with van der Waals surface area (Å²) >= 11 is 0. The van der Waals surface area contributed by atoms with E-state index < -0.39 is 0 Å². The van der Waals surface area contributed by atoms with Crippen molar-refractivity contribution >= 4 is 17.9 Å². The Hall–Kier alpha value is -1.97. The van der Waals surface area contributed by atoms with Gasteiger partial charge in [0.25, 0.3) is 11.8 Å². The summed E-state index contributed by atoms with van der Waals surface area (Å²) in [6.07, 6.45) is 1.46. The fraction of sp³-hybridized carbons (Fsp3) is 0.182. The minimum Gasteiger partial charge on any atom is -0.345 e. The van der Waals surface area contributed by atoms with Gasteiger partial charge < -0.3 is 4.90 Å². The molecule has 0 atom stereocenters. The number of nitrogens with zero attached hydrogens (tertiary/aromatic N) is 2. The van der Waals surface area contributed by atoms with Crippen molar-refractivity contribution in [2.45, 2.75) is 0 Å². The van der Waals surface area contributed by atoms with Crippen LogP contribution in [0.1, 0.15) is 10.4 Å². The molecule has 0 aromatic heterocycles. The predicted molar refractivity (Wildman–Crippen MR) is 54.7 cm³/mol. The molecule has 4 nitrogen and oxygen atoms in total. The van der Waals surface area contributed by atoms with Crippen molar-refractivity contribution in [3.63, 3.8) is 0 Å². The topological polar surface area (TPSA) is 49.7 Å². The summed E-state index contributed by atoms with van der Waals surface area (Å²) in [7, 11) is 3.37. The quantitative estimate of drug-likeness (QED) is 0.606. The van der Waals surface area contributed by atoms with Gasteiger partial charge in [-0.1, -0.05) is 6.07 Å². The van der Waals surface area contributed by atoms with Gasteiger partial charge in [-0.3, -0.25) is 9.59 Å². The summed E-state index contributed by atoms with van der Waals surface area (Å²) < 4.78 is 0. The maximum atomic E-state index is 11.6. The first kappa shape index (κ1) is 9.58. The van der Waals surface area contributed by atoms with E-state index >= 15 is 0 Å². The molecule has 1 aromatic rings. The second kappa shape index (κ2) is 3.31. The van der Waals surface area contributed by atoms with Crippen LogP contribution in [0.5, 0.6) is 0 Å². The van der Waals surface area contributed by atoms with Crippen molar-refractivity contribution in [3.8, 4) is 0 Å². The van der Waals surface area contributed by atoms with E-state index in [1.165, 1.54) is 11.0 Å². The number of hydrogen-bond acceptors (Lipinski definition) is 2. The summed E-state index contributed by atoms with van der Waals surface area (Å²) in [6, 6.07) is 5.07.